The molecular weight excluding hydrogens is 204 g/mol. The number of hydrazine groups is 1. The van der Waals surface area contributed by atoms with Gasteiger partial charge in [-0.1, -0.05) is 19.1 Å². The molecule has 0 saturated carbocycles. The second-order valence-corrected chi connectivity index (χ2v) is 3.68. The van der Waals surface area contributed by atoms with Crippen LogP contribution in [0.4, 0.5) is 0 Å². The molecule has 1 aromatic rings. The first-order chi connectivity index (χ1) is 7.58. The van der Waals surface area contributed by atoms with Crippen LogP contribution in [-0.4, -0.2) is 25.1 Å². The lowest BCUT2D eigenvalue weighted by Gasteiger charge is -2.12. The van der Waals surface area contributed by atoms with Crippen LogP contribution in [-0.2, 0) is 17.6 Å². The van der Waals surface area contributed by atoms with Gasteiger partial charge in [-0.15, -0.1) is 0 Å². The van der Waals surface area contributed by atoms with Crippen molar-refractivity contribution in [2.45, 2.75) is 19.8 Å². The third kappa shape index (κ3) is 2.97. The lowest BCUT2D eigenvalue weighted by Crippen LogP contribution is -2.34. The number of benzene rings is 1. The van der Waals surface area contributed by atoms with Gasteiger partial charge in [0.25, 0.3) is 0 Å². The van der Waals surface area contributed by atoms with Gasteiger partial charge < -0.3 is 4.74 Å². The number of hydrogen-bond acceptors (Lipinski definition) is 3. The summed E-state index contributed by atoms with van der Waals surface area (Å²) < 4.78 is 5.22. The number of carbonyl (C=O) groups is 1. The van der Waals surface area contributed by atoms with E-state index in [0.717, 1.165) is 28.3 Å². The van der Waals surface area contributed by atoms with Gasteiger partial charge in [-0.2, -0.15) is 0 Å². The molecule has 0 saturated heterocycles. The van der Waals surface area contributed by atoms with E-state index in [0.29, 0.717) is 6.42 Å². The minimum absolute atomic E-state index is 0.104. The minimum Gasteiger partial charge on any atom is -0.496 e. The summed E-state index contributed by atoms with van der Waals surface area (Å²) in [5.74, 6) is 6.13. The number of carbonyl (C=O) groups excluding carboxylic acids is 1. The third-order valence-corrected chi connectivity index (χ3v) is 2.47. The van der Waals surface area contributed by atoms with Crippen molar-refractivity contribution in [1.29, 1.82) is 0 Å². The molecule has 0 atom stereocenters. The van der Waals surface area contributed by atoms with Crippen molar-refractivity contribution in [3.8, 4) is 5.75 Å². The monoisotopic (exact) mass is 222 g/mol. The van der Waals surface area contributed by atoms with Crippen LogP contribution >= 0.6 is 0 Å². The number of hydrogen-bond donors (Lipinski definition) is 1. The van der Waals surface area contributed by atoms with E-state index < -0.39 is 0 Å². The molecule has 0 aliphatic rings. The van der Waals surface area contributed by atoms with Gasteiger partial charge in [-0.05, 0) is 23.6 Å². The Bertz CT molecular complexity index is 375. The number of ether oxygens (including phenoxy) is 1. The highest BCUT2D eigenvalue weighted by Gasteiger charge is 2.08. The number of nitrogens with two attached hydrogens (primary N) is 1. The first kappa shape index (κ1) is 12.5. The van der Waals surface area contributed by atoms with Gasteiger partial charge in [0.1, 0.15) is 5.75 Å². The van der Waals surface area contributed by atoms with E-state index in [-0.39, 0.29) is 5.91 Å². The molecule has 0 radical (unpaired) electrons. The SMILES string of the molecule is CCc1cc(CC(=O)N(C)N)ccc1OC. The molecule has 0 aliphatic carbocycles. The first-order valence-electron chi connectivity index (χ1n) is 5.25. The highest BCUT2D eigenvalue weighted by atomic mass is 16.5. The quantitative estimate of drug-likeness (QED) is 0.472. The Labute approximate surface area is 96.0 Å². The molecular formula is C12H18N2O2. The first-order valence-corrected chi connectivity index (χ1v) is 5.25. The van der Waals surface area contributed by atoms with Gasteiger partial charge in [0.05, 0.1) is 13.5 Å². The third-order valence-electron chi connectivity index (χ3n) is 2.47. The summed E-state index contributed by atoms with van der Waals surface area (Å²) in [7, 11) is 3.19. The normalized spacial score (nSPS) is 10.0. The highest BCUT2D eigenvalue weighted by molar-refractivity contribution is 5.78. The molecule has 4 nitrogen and oxygen atoms in total. The highest BCUT2D eigenvalue weighted by Crippen LogP contribution is 2.20. The molecule has 1 rings (SSSR count). The molecule has 0 aliphatic heterocycles. The predicted molar refractivity (Wildman–Crippen MR) is 63.0 cm³/mol. The summed E-state index contributed by atoms with van der Waals surface area (Å²) >= 11 is 0. The number of aryl methyl sites for hydroxylation is 1. The average molecular weight is 222 g/mol. The predicted octanol–water partition coefficient (Wildman–Crippen LogP) is 1.13. The van der Waals surface area contributed by atoms with Crippen molar-refractivity contribution < 1.29 is 9.53 Å². The summed E-state index contributed by atoms with van der Waals surface area (Å²) in [6.07, 6.45) is 1.20. The van der Waals surface area contributed by atoms with E-state index in [1.165, 1.54) is 0 Å². The largest absolute Gasteiger partial charge is 0.496 e. The Morgan fingerprint density at radius 3 is 2.69 bits per heavy atom. The van der Waals surface area contributed by atoms with E-state index in [2.05, 4.69) is 6.92 Å². The van der Waals surface area contributed by atoms with Crippen LogP contribution in [0, 0.1) is 0 Å². The van der Waals surface area contributed by atoms with Gasteiger partial charge in [-0.25, -0.2) is 5.84 Å². The Kier molecular flexibility index (Phi) is 4.31. The topological polar surface area (TPSA) is 55.6 Å². The Hall–Kier alpha value is -1.55. The molecule has 4 heteroatoms. The number of likely N-dealkylation sites (N-methyl/N-ethyl adjacent to an activating group) is 1. The van der Waals surface area contributed by atoms with Crippen molar-refractivity contribution in [3.05, 3.63) is 29.3 Å². The molecule has 0 bridgehead atoms. The number of nitrogens with zero attached hydrogens (tertiary/aromatic N) is 1. The van der Waals surface area contributed by atoms with Gasteiger partial charge >= 0.3 is 0 Å². The smallest absolute Gasteiger partial charge is 0.240 e. The summed E-state index contributed by atoms with van der Waals surface area (Å²) in [5, 5.41) is 1.11. The van der Waals surface area contributed by atoms with Crippen molar-refractivity contribution >= 4 is 5.91 Å². The van der Waals surface area contributed by atoms with E-state index in [4.69, 9.17) is 10.6 Å². The van der Waals surface area contributed by atoms with Crippen LogP contribution < -0.4 is 10.6 Å². The Morgan fingerprint density at radius 1 is 1.50 bits per heavy atom. The van der Waals surface area contributed by atoms with E-state index in [1.807, 2.05) is 18.2 Å². The van der Waals surface area contributed by atoms with Gasteiger partial charge in [-0.3, -0.25) is 9.80 Å². The maximum Gasteiger partial charge on any atom is 0.240 e. The molecule has 2 N–H and O–H groups in total. The summed E-state index contributed by atoms with van der Waals surface area (Å²) in [6, 6.07) is 5.76. The van der Waals surface area contributed by atoms with Gasteiger partial charge in [0.2, 0.25) is 5.91 Å². The van der Waals surface area contributed by atoms with Crippen LogP contribution in [0.2, 0.25) is 0 Å². The number of amides is 1. The van der Waals surface area contributed by atoms with Crippen LogP contribution in [0.25, 0.3) is 0 Å². The molecule has 1 aromatic carbocycles. The molecule has 16 heavy (non-hydrogen) atoms. The zero-order chi connectivity index (χ0) is 12.1. The lowest BCUT2D eigenvalue weighted by molar-refractivity contribution is -0.129. The number of methoxy groups -OCH3 is 1. The Balaban J connectivity index is 2.87. The molecule has 0 unspecified atom stereocenters. The van der Waals surface area contributed by atoms with E-state index in [9.17, 15) is 4.79 Å². The van der Waals surface area contributed by atoms with Gasteiger partial charge in [0.15, 0.2) is 0 Å². The van der Waals surface area contributed by atoms with E-state index in [1.54, 1.807) is 14.2 Å². The van der Waals surface area contributed by atoms with Crippen LogP contribution in [0.5, 0.6) is 5.75 Å². The average Bonchev–Trinajstić information content (AvgIpc) is 2.28. The number of rotatable bonds is 4. The summed E-state index contributed by atoms with van der Waals surface area (Å²) in [4.78, 5) is 11.4. The zero-order valence-electron chi connectivity index (χ0n) is 9.99. The minimum atomic E-state index is -0.104. The van der Waals surface area contributed by atoms with Crippen molar-refractivity contribution in [3.63, 3.8) is 0 Å². The van der Waals surface area contributed by atoms with Crippen molar-refractivity contribution in [1.82, 2.24) is 5.01 Å². The van der Waals surface area contributed by atoms with E-state index >= 15 is 0 Å². The fraction of sp³-hybridized carbons (Fsp3) is 0.417. The zero-order valence-corrected chi connectivity index (χ0v) is 9.99. The fourth-order valence-corrected chi connectivity index (χ4v) is 1.52. The summed E-state index contributed by atoms with van der Waals surface area (Å²) in [6.45, 7) is 2.05. The van der Waals surface area contributed by atoms with Crippen LogP contribution in [0.3, 0.4) is 0 Å². The molecule has 0 aromatic heterocycles. The molecule has 88 valence electrons. The van der Waals surface area contributed by atoms with Crippen molar-refractivity contribution in [2.24, 2.45) is 5.84 Å². The Morgan fingerprint density at radius 2 is 2.19 bits per heavy atom. The van der Waals surface area contributed by atoms with Crippen molar-refractivity contribution in [2.75, 3.05) is 14.2 Å². The molecule has 0 spiro atoms. The van der Waals surface area contributed by atoms with Crippen LogP contribution in [0.15, 0.2) is 18.2 Å². The molecule has 0 heterocycles. The lowest BCUT2D eigenvalue weighted by atomic mass is 10.0. The van der Waals surface area contributed by atoms with Gasteiger partial charge in [0, 0.05) is 7.05 Å². The standard InChI is InChI=1S/C12H18N2O2/c1-4-10-7-9(5-6-11(10)16-3)8-12(15)14(2)13/h5-7H,4,8,13H2,1-3H3. The maximum absolute atomic E-state index is 11.4. The van der Waals surface area contributed by atoms with Crippen LogP contribution in [0.1, 0.15) is 18.1 Å². The maximum atomic E-state index is 11.4. The molecule has 1 amide bonds. The second kappa shape index (κ2) is 5.51. The second-order valence-electron chi connectivity index (χ2n) is 3.68. The summed E-state index contributed by atoms with van der Waals surface area (Å²) in [5.41, 5.74) is 2.06. The molecule has 0 fully saturated rings. The fourth-order valence-electron chi connectivity index (χ4n) is 1.52.